The zero-order valence-corrected chi connectivity index (χ0v) is 15.3. The van der Waals surface area contributed by atoms with Crippen molar-refractivity contribution < 1.29 is 4.79 Å². The highest BCUT2D eigenvalue weighted by Gasteiger charge is 2.32. The van der Waals surface area contributed by atoms with Crippen LogP contribution in [-0.4, -0.2) is 32.0 Å². The second-order valence-electron chi connectivity index (χ2n) is 6.97. The summed E-state index contributed by atoms with van der Waals surface area (Å²) < 4.78 is 3.77. The summed E-state index contributed by atoms with van der Waals surface area (Å²) in [7, 11) is 0. The van der Waals surface area contributed by atoms with Gasteiger partial charge in [-0.25, -0.2) is 0 Å². The van der Waals surface area contributed by atoms with Crippen LogP contribution in [0.15, 0.2) is 48.8 Å². The Balaban J connectivity index is 1.69. The molecule has 134 valence electrons. The van der Waals surface area contributed by atoms with Gasteiger partial charge in [-0.3, -0.25) is 14.2 Å². The van der Waals surface area contributed by atoms with Crippen molar-refractivity contribution in [2.24, 2.45) is 0 Å². The zero-order valence-electron chi connectivity index (χ0n) is 15.3. The lowest BCUT2D eigenvalue weighted by Gasteiger charge is -2.36. The summed E-state index contributed by atoms with van der Waals surface area (Å²) in [5, 5.41) is 8.89. The number of anilines is 1. The molecule has 0 saturated heterocycles. The van der Waals surface area contributed by atoms with Crippen LogP contribution in [0.5, 0.6) is 0 Å². The predicted molar refractivity (Wildman–Crippen MR) is 100 cm³/mol. The standard InChI is InChI=1S/C20H23N5O/c1-14-11-15(2)25(22-14)16(3)20(26)23-13-18(24-10-6-9-21-24)12-17-7-4-5-8-19(17)23/h4-11,16,18H,12-13H2,1-3H3. The molecule has 0 bridgehead atoms. The van der Waals surface area contributed by atoms with Crippen molar-refractivity contribution in [3.8, 4) is 0 Å². The van der Waals surface area contributed by atoms with E-state index in [1.807, 2.05) is 71.6 Å². The minimum Gasteiger partial charge on any atom is -0.308 e. The number of fused-ring (bicyclic) bond motifs is 1. The first-order valence-electron chi connectivity index (χ1n) is 8.96. The van der Waals surface area contributed by atoms with Gasteiger partial charge in [-0.05, 0) is 51.0 Å². The summed E-state index contributed by atoms with van der Waals surface area (Å²) in [5.74, 6) is 0.0560. The lowest BCUT2D eigenvalue weighted by Crippen LogP contribution is -2.44. The highest BCUT2D eigenvalue weighted by Crippen LogP contribution is 2.33. The fraction of sp³-hybridized carbons (Fsp3) is 0.350. The van der Waals surface area contributed by atoms with E-state index in [-0.39, 0.29) is 18.0 Å². The van der Waals surface area contributed by atoms with Gasteiger partial charge in [0.05, 0.1) is 11.7 Å². The molecule has 0 radical (unpaired) electrons. The Morgan fingerprint density at radius 1 is 1.23 bits per heavy atom. The summed E-state index contributed by atoms with van der Waals surface area (Å²) in [6, 6.07) is 11.8. The number of nitrogens with zero attached hydrogens (tertiary/aromatic N) is 5. The maximum absolute atomic E-state index is 13.4. The molecule has 1 amide bonds. The van der Waals surface area contributed by atoms with Gasteiger partial charge in [-0.15, -0.1) is 0 Å². The van der Waals surface area contributed by atoms with Gasteiger partial charge in [0, 0.05) is 30.3 Å². The van der Waals surface area contributed by atoms with Crippen LogP contribution < -0.4 is 4.90 Å². The molecule has 3 heterocycles. The minimum absolute atomic E-state index is 0.0560. The van der Waals surface area contributed by atoms with E-state index in [0.29, 0.717) is 6.54 Å². The number of para-hydroxylation sites is 1. The maximum Gasteiger partial charge on any atom is 0.251 e. The van der Waals surface area contributed by atoms with E-state index in [9.17, 15) is 4.79 Å². The highest BCUT2D eigenvalue weighted by atomic mass is 16.2. The first-order chi connectivity index (χ1) is 12.5. The van der Waals surface area contributed by atoms with Crippen molar-refractivity contribution in [2.45, 2.75) is 39.3 Å². The van der Waals surface area contributed by atoms with Crippen molar-refractivity contribution in [1.82, 2.24) is 19.6 Å². The smallest absolute Gasteiger partial charge is 0.251 e. The van der Waals surface area contributed by atoms with Crippen LogP contribution in [0, 0.1) is 13.8 Å². The molecular formula is C20H23N5O. The molecule has 26 heavy (non-hydrogen) atoms. The van der Waals surface area contributed by atoms with Crippen LogP contribution in [0.25, 0.3) is 0 Å². The van der Waals surface area contributed by atoms with Crippen LogP contribution in [0.2, 0.25) is 0 Å². The van der Waals surface area contributed by atoms with Crippen molar-refractivity contribution in [3.05, 3.63) is 65.7 Å². The average molecular weight is 349 g/mol. The molecule has 2 atom stereocenters. The van der Waals surface area contributed by atoms with Gasteiger partial charge in [-0.2, -0.15) is 10.2 Å². The molecular weight excluding hydrogens is 326 g/mol. The molecule has 1 aliphatic heterocycles. The van der Waals surface area contributed by atoms with E-state index < -0.39 is 0 Å². The third-order valence-corrected chi connectivity index (χ3v) is 5.07. The second kappa shape index (κ2) is 6.44. The van der Waals surface area contributed by atoms with E-state index in [0.717, 1.165) is 23.5 Å². The van der Waals surface area contributed by atoms with Crippen molar-refractivity contribution in [1.29, 1.82) is 0 Å². The molecule has 0 saturated carbocycles. The van der Waals surface area contributed by atoms with Gasteiger partial charge in [0.1, 0.15) is 6.04 Å². The van der Waals surface area contributed by atoms with Gasteiger partial charge in [0.2, 0.25) is 0 Å². The lowest BCUT2D eigenvalue weighted by atomic mass is 9.97. The van der Waals surface area contributed by atoms with Gasteiger partial charge >= 0.3 is 0 Å². The molecule has 0 aliphatic carbocycles. The minimum atomic E-state index is -0.354. The van der Waals surface area contributed by atoms with Gasteiger partial charge in [0.25, 0.3) is 5.91 Å². The van der Waals surface area contributed by atoms with Crippen molar-refractivity contribution >= 4 is 11.6 Å². The summed E-state index contributed by atoms with van der Waals surface area (Å²) >= 11 is 0. The highest BCUT2D eigenvalue weighted by molar-refractivity contribution is 5.97. The first kappa shape index (κ1) is 16.6. The maximum atomic E-state index is 13.4. The molecule has 2 aromatic heterocycles. The molecule has 2 unspecified atom stereocenters. The monoisotopic (exact) mass is 349 g/mol. The molecule has 0 spiro atoms. The number of benzene rings is 1. The van der Waals surface area contributed by atoms with E-state index >= 15 is 0 Å². The molecule has 0 fully saturated rings. The summed E-state index contributed by atoms with van der Waals surface area (Å²) in [5.41, 5.74) is 4.09. The van der Waals surface area contributed by atoms with E-state index in [1.165, 1.54) is 5.56 Å². The number of hydrogen-bond acceptors (Lipinski definition) is 3. The molecule has 1 aliphatic rings. The van der Waals surface area contributed by atoms with Crippen LogP contribution in [0.1, 0.15) is 36.0 Å². The molecule has 1 aromatic carbocycles. The molecule has 3 aromatic rings. The number of rotatable bonds is 3. The first-order valence-corrected chi connectivity index (χ1v) is 8.96. The van der Waals surface area contributed by atoms with Crippen LogP contribution >= 0.6 is 0 Å². The number of amides is 1. The summed E-state index contributed by atoms with van der Waals surface area (Å²) in [6.07, 6.45) is 4.62. The predicted octanol–water partition coefficient (Wildman–Crippen LogP) is 3.09. The van der Waals surface area contributed by atoms with E-state index in [4.69, 9.17) is 0 Å². The summed E-state index contributed by atoms with van der Waals surface area (Å²) in [4.78, 5) is 15.3. The average Bonchev–Trinajstić information content (AvgIpc) is 3.29. The number of aromatic nitrogens is 4. The molecule has 6 heteroatoms. The van der Waals surface area contributed by atoms with E-state index in [2.05, 4.69) is 16.3 Å². The fourth-order valence-corrected chi connectivity index (χ4v) is 3.83. The Morgan fingerprint density at radius 3 is 2.73 bits per heavy atom. The molecule has 0 N–H and O–H groups in total. The largest absolute Gasteiger partial charge is 0.308 e. The van der Waals surface area contributed by atoms with Crippen LogP contribution in [-0.2, 0) is 11.2 Å². The number of carbonyl (C=O) groups is 1. The van der Waals surface area contributed by atoms with Gasteiger partial charge < -0.3 is 4.90 Å². The Bertz CT molecular complexity index is 928. The number of aryl methyl sites for hydroxylation is 2. The zero-order chi connectivity index (χ0) is 18.3. The Kier molecular flexibility index (Phi) is 4.11. The van der Waals surface area contributed by atoms with Gasteiger partial charge in [-0.1, -0.05) is 18.2 Å². The Labute approximate surface area is 153 Å². The SMILES string of the molecule is Cc1cc(C)n(C(C)C(=O)N2CC(n3cccn3)Cc3ccccc32)n1. The lowest BCUT2D eigenvalue weighted by molar-refractivity contribution is -0.121. The van der Waals surface area contributed by atoms with Crippen LogP contribution in [0.4, 0.5) is 5.69 Å². The molecule has 6 nitrogen and oxygen atoms in total. The van der Waals surface area contributed by atoms with Crippen molar-refractivity contribution in [2.75, 3.05) is 11.4 Å². The quantitative estimate of drug-likeness (QED) is 0.730. The Hall–Kier alpha value is -2.89. The van der Waals surface area contributed by atoms with Gasteiger partial charge in [0.15, 0.2) is 0 Å². The number of carbonyl (C=O) groups excluding carboxylic acids is 1. The van der Waals surface area contributed by atoms with E-state index in [1.54, 1.807) is 6.20 Å². The third-order valence-electron chi connectivity index (χ3n) is 5.07. The fourth-order valence-electron chi connectivity index (χ4n) is 3.83. The normalized spacial score (nSPS) is 17.8. The Morgan fingerprint density at radius 2 is 2.04 bits per heavy atom. The van der Waals surface area contributed by atoms with Crippen molar-refractivity contribution in [3.63, 3.8) is 0 Å². The summed E-state index contributed by atoms with van der Waals surface area (Å²) in [6.45, 7) is 6.47. The second-order valence-corrected chi connectivity index (χ2v) is 6.97. The number of hydrogen-bond donors (Lipinski definition) is 0. The third kappa shape index (κ3) is 2.81. The topological polar surface area (TPSA) is 56.0 Å². The molecule has 4 rings (SSSR count). The van der Waals surface area contributed by atoms with Crippen LogP contribution in [0.3, 0.4) is 0 Å².